The smallest absolute Gasteiger partial charge is 0.279 e. The number of nitrogen functional groups attached to an aromatic ring is 4. The van der Waals surface area contributed by atoms with E-state index in [9.17, 15) is 4.79 Å². The van der Waals surface area contributed by atoms with E-state index in [0.29, 0.717) is 0 Å². The van der Waals surface area contributed by atoms with Gasteiger partial charge in [0.2, 0.25) is 17.8 Å². The number of aromatic hydroxyl groups is 1. The number of hydrogen-bond donors (Lipinski definition) is 6. The van der Waals surface area contributed by atoms with Gasteiger partial charge in [0.1, 0.15) is 5.69 Å². The Balaban J connectivity index is 0.000000200. The number of halogens is 2. The van der Waals surface area contributed by atoms with E-state index >= 15 is 0 Å². The molecule has 0 aliphatic heterocycles. The molecule has 2 aromatic rings. The van der Waals surface area contributed by atoms with Crippen LogP contribution >= 0.6 is 23.2 Å². The Bertz CT molecular complexity index is 666. The minimum Gasteiger partial charge on any atom is -0.492 e. The second-order valence-electron chi connectivity index (χ2n) is 3.27. The van der Waals surface area contributed by atoms with Gasteiger partial charge >= 0.3 is 0 Å². The van der Waals surface area contributed by atoms with Crippen molar-refractivity contribution in [1.82, 2.24) is 19.9 Å². The van der Waals surface area contributed by atoms with E-state index in [1.165, 1.54) is 0 Å². The molecule has 0 radical (unpaired) electrons. The normalized spacial score (nSPS) is 9.70. The fourth-order valence-electron chi connectivity index (χ4n) is 0.919. The minimum absolute atomic E-state index is 0.0178. The van der Waals surface area contributed by atoms with Crippen molar-refractivity contribution in [2.24, 2.45) is 0 Å². The summed E-state index contributed by atoms with van der Waals surface area (Å²) in [6.07, 6.45) is 0. The Morgan fingerprint density at radius 1 is 0.950 bits per heavy atom. The van der Waals surface area contributed by atoms with Crippen LogP contribution < -0.4 is 28.5 Å². The lowest BCUT2D eigenvalue weighted by Gasteiger charge is -1.98. The molecule has 0 aliphatic rings. The van der Waals surface area contributed by atoms with Crippen molar-refractivity contribution >= 4 is 46.5 Å². The van der Waals surface area contributed by atoms with Crippen LogP contribution in [0.2, 0.25) is 10.3 Å². The van der Waals surface area contributed by atoms with Crippen LogP contribution in [0.4, 0.5) is 23.3 Å². The lowest BCUT2D eigenvalue weighted by Crippen LogP contribution is -2.14. The summed E-state index contributed by atoms with van der Waals surface area (Å²) in [5, 5.41) is 8.91. The predicted octanol–water partition coefficient (Wildman–Crippen LogP) is -0.412. The summed E-state index contributed by atoms with van der Waals surface area (Å²) in [5.74, 6) is -0.679. The number of H-pyrrole nitrogens is 1. The zero-order valence-corrected chi connectivity index (χ0v) is 11.3. The molecule has 0 spiro atoms. The number of aromatic amines is 1. The molecule has 0 aliphatic carbocycles. The van der Waals surface area contributed by atoms with Gasteiger partial charge in [0.25, 0.3) is 5.56 Å². The average Bonchev–Trinajstić information content (AvgIpc) is 2.33. The SMILES string of the molecule is Nc1nc(Cl)c(N)c(Cl)n1.Nc1nc(O)c(N)c(=O)[nH]1. The van der Waals surface area contributed by atoms with E-state index in [1.54, 1.807) is 0 Å². The quantitative estimate of drug-likeness (QED) is 0.349. The van der Waals surface area contributed by atoms with Crippen LogP contribution in [0, 0.1) is 0 Å². The molecule has 108 valence electrons. The molecule has 10 nitrogen and oxygen atoms in total. The van der Waals surface area contributed by atoms with Crippen molar-refractivity contribution in [2.45, 2.75) is 0 Å². The number of hydrogen-bond acceptors (Lipinski definition) is 9. The van der Waals surface area contributed by atoms with Gasteiger partial charge < -0.3 is 28.0 Å². The highest BCUT2D eigenvalue weighted by Gasteiger charge is 2.04. The largest absolute Gasteiger partial charge is 0.492 e. The first-order valence-corrected chi connectivity index (χ1v) is 5.56. The van der Waals surface area contributed by atoms with Crippen LogP contribution in [0.25, 0.3) is 0 Å². The van der Waals surface area contributed by atoms with E-state index in [4.69, 9.17) is 51.2 Å². The molecule has 10 N–H and O–H groups in total. The Hall–Kier alpha value is -2.46. The second-order valence-corrected chi connectivity index (χ2v) is 3.98. The van der Waals surface area contributed by atoms with E-state index in [0.717, 1.165) is 0 Å². The predicted molar refractivity (Wildman–Crippen MR) is 76.2 cm³/mol. The van der Waals surface area contributed by atoms with Crippen molar-refractivity contribution in [3.8, 4) is 5.88 Å². The number of aromatic nitrogens is 4. The van der Waals surface area contributed by atoms with Gasteiger partial charge in [0.15, 0.2) is 16.0 Å². The topological polar surface area (TPSA) is 196 Å². The molecule has 0 fully saturated rings. The lowest BCUT2D eigenvalue weighted by atomic mass is 10.5. The first-order chi connectivity index (χ1) is 9.22. The Labute approximate surface area is 121 Å². The molecule has 20 heavy (non-hydrogen) atoms. The standard InChI is InChI=1S/C4H4Cl2N4.C4H6N4O2/c5-2-1(7)3(6)10-4(8)9-2;5-1-2(9)7-4(6)8-3(1)10/h7H2,(H2,8,9,10);5H2,(H4,6,7,8,9,10). The molecule has 0 amide bonds. The number of nitrogens with zero attached hydrogens (tertiary/aromatic N) is 3. The fraction of sp³-hybridized carbons (Fsp3) is 0. The van der Waals surface area contributed by atoms with Crippen molar-refractivity contribution in [2.75, 3.05) is 22.9 Å². The van der Waals surface area contributed by atoms with E-state index < -0.39 is 11.4 Å². The maximum absolute atomic E-state index is 10.6. The van der Waals surface area contributed by atoms with Gasteiger partial charge in [-0.05, 0) is 0 Å². The van der Waals surface area contributed by atoms with Gasteiger partial charge in [-0.15, -0.1) is 0 Å². The zero-order chi connectivity index (χ0) is 15.4. The van der Waals surface area contributed by atoms with Crippen LogP contribution in [-0.2, 0) is 0 Å². The van der Waals surface area contributed by atoms with Crippen LogP contribution in [0.1, 0.15) is 0 Å². The summed E-state index contributed by atoms with van der Waals surface area (Å²) in [5.41, 5.74) is 19.8. The molecule has 0 saturated carbocycles. The van der Waals surface area contributed by atoms with Gasteiger partial charge in [0, 0.05) is 0 Å². The number of rotatable bonds is 0. The van der Waals surface area contributed by atoms with Crippen molar-refractivity contribution in [3.63, 3.8) is 0 Å². The number of anilines is 4. The monoisotopic (exact) mass is 320 g/mol. The van der Waals surface area contributed by atoms with Crippen LogP contribution in [0.5, 0.6) is 5.88 Å². The third-order valence-electron chi connectivity index (χ3n) is 1.82. The van der Waals surface area contributed by atoms with Crippen LogP contribution in [-0.4, -0.2) is 25.0 Å². The first-order valence-electron chi connectivity index (χ1n) is 4.80. The summed E-state index contributed by atoms with van der Waals surface area (Å²) in [4.78, 5) is 23.1. The van der Waals surface area contributed by atoms with Crippen molar-refractivity contribution in [1.29, 1.82) is 0 Å². The Morgan fingerprint density at radius 3 is 1.90 bits per heavy atom. The molecule has 0 bridgehead atoms. The van der Waals surface area contributed by atoms with Gasteiger partial charge in [-0.2, -0.15) is 15.0 Å². The van der Waals surface area contributed by atoms with E-state index in [1.807, 2.05) is 0 Å². The molecule has 2 rings (SSSR count). The Kier molecular flexibility index (Phi) is 4.78. The first kappa shape index (κ1) is 15.6. The summed E-state index contributed by atoms with van der Waals surface area (Å²) < 4.78 is 0. The molecule has 12 heteroatoms. The van der Waals surface area contributed by atoms with Crippen molar-refractivity contribution in [3.05, 3.63) is 20.7 Å². The van der Waals surface area contributed by atoms with Gasteiger partial charge in [-0.25, -0.2) is 0 Å². The lowest BCUT2D eigenvalue weighted by molar-refractivity contribution is 0.455. The highest BCUT2D eigenvalue weighted by atomic mass is 35.5. The zero-order valence-electron chi connectivity index (χ0n) is 9.76. The molecular formula is C8H10Cl2N8O2. The summed E-state index contributed by atoms with van der Waals surface area (Å²) in [6, 6.07) is 0. The van der Waals surface area contributed by atoms with E-state index in [-0.39, 0.29) is 33.6 Å². The molecule has 0 unspecified atom stereocenters. The average molecular weight is 321 g/mol. The molecule has 0 atom stereocenters. The second kappa shape index (κ2) is 6.12. The summed E-state index contributed by atoms with van der Waals surface area (Å²) in [6.45, 7) is 0. The third-order valence-corrected chi connectivity index (χ3v) is 2.40. The minimum atomic E-state index is -0.634. The number of nitrogens with two attached hydrogens (primary N) is 4. The Morgan fingerprint density at radius 2 is 1.45 bits per heavy atom. The maximum atomic E-state index is 10.6. The molecule has 2 aromatic heterocycles. The van der Waals surface area contributed by atoms with Crippen molar-refractivity contribution < 1.29 is 5.11 Å². The van der Waals surface area contributed by atoms with E-state index in [2.05, 4.69) is 19.9 Å². The third kappa shape index (κ3) is 3.76. The van der Waals surface area contributed by atoms with Crippen LogP contribution in [0.3, 0.4) is 0 Å². The van der Waals surface area contributed by atoms with Crippen LogP contribution in [0.15, 0.2) is 4.79 Å². The molecular weight excluding hydrogens is 311 g/mol. The maximum Gasteiger partial charge on any atom is 0.279 e. The summed E-state index contributed by atoms with van der Waals surface area (Å²) >= 11 is 11.0. The van der Waals surface area contributed by atoms with Gasteiger partial charge in [-0.3, -0.25) is 9.78 Å². The molecule has 0 saturated heterocycles. The van der Waals surface area contributed by atoms with Gasteiger partial charge in [0.05, 0.1) is 0 Å². The van der Waals surface area contributed by atoms with Gasteiger partial charge in [-0.1, -0.05) is 23.2 Å². The fourth-order valence-corrected chi connectivity index (χ4v) is 1.32. The molecule has 0 aromatic carbocycles. The molecule has 2 heterocycles. The number of nitrogens with one attached hydrogen (secondary N) is 1. The highest BCUT2D eigenvalue weighted by molar-refractivity contribution is 6.37. The summed E-state index contributed by atoms with van der Waals surface area (Å²) in [7, 11) is 0. The highest BCUT2D eigenvalue weighted by Crippen LogP contribution is 2.23.